The van der Waals surface area contributed by atoms with Crippen molar-refractivity contribution in [1.29, 1.82) is 0 Å². The number of carboxylic acid groups (broad SMARTS) is 1. The highest BCUT2D eigenvalue weighted by Gasteiger charge is 2.34. The van der Waals surface area contributed by atoms with Gasteiger partial charge >= 0.3 is 18.2 Å². The third kappa shape index (κ3) is 14.1. The van der Waals surface area contributed by atoms with Crippen LogP contribution >= 0.6 is 0 Å². The number of hydrogen-bond donors (Lipinski definition) is 3. The van der Waals surface area contributed by atoms with Gasteiger partial charge in [0.2, 0.25) is 0 Å². The van der Waals surface area contributed by atoms with Gasteiger partial charge < -0.3 is 25.2 Å². The molecule has 0 spiro atoms. The normalized spacial score (nSPS) is 12.0. The zero-order valence-electron chi connectivity index (χ0n) is 20.8. The molecule has 0 aliphatic heterocycles. The average Bonchev–Trinajstić information content (AvgIpc) is 2.48. The molecule has 0 rings (SSSR count). The van der Waals surface area contributed by atoms with Gasteiger partial charge in [0.25, 0.3) is 5.91 Å². The third-order valence-electron chi connectivity index (χ3n) is 3.26. The molecule has 11 heteroatoms. The second-order valence-corrected chi connectivity index (χ2v) is 9.79. The number of nitrogens with zero attached hydrogens (tertiary/aromatic N) is 1. The van der Waals surface area contributed by atoms with Gasteiger partial charge in [0, 0.05) is 7.05 Å². The van der Waals surface area contributed by atoms with Gasteiger partial charge in [-0.2, -0.15) is 0 Å². The first-order chi connectivity index (χ1) is 13.5. The summed E-state index contributed by atoms with van der Waals surface area (Å²) in [5.74, 6) is -1.48. The quantitative estimate of drug-likeness (QED) is 0.544. The predicted octanol–water partition coefficient (Wildman–Crippen LogP) is 2.68. The first-order valence-corrected chi connectivity index (χ1v) is 9.62. The Morgan fingerprint density at radius 1 is 0.710 bits per heavy atom. The van der Waals surface area contributed by atoms with Crippen LogP contribution in [0.4, 0.5) is 9.59 Å². The maximum atomic E-state index is 11.8. The fourth-order valence-electron chi connectivity index (χ4n) is 1.70. The number of hydroxylamine groups is 2. The van der Waals surface area contributed by atoms with Crippen molar-refractivity contribution in [2.45, 2.75) is 91.5 Å². The number of amides is 3. The lowest BCUT2D eigenvalue weighted by Crippen LogP contribution is -2.55. The summed E-state index contributed by atoms with van der Waals surface area (Å²) < 4.78 is 9.99. The van der Waals surface area contributed by atoms with Crippen molar-refractivity contribution in [3.8, 4) is 0 Å². The summed E-state index contributed by atoms with van der Waals surface area (Å²) in [5.41, 5.74) is -3.63. The smallest absolute Gasteiger partial charge is 0.408 e. The van der Waals surface area contributed by atoms with E-state index in [2.05, 4.69) is 10.6 Å². The molecule has 11 nitrogen and oxygen atoms in total. The zero-order valence-corrected chi connectivity index (χ0v) is 20.8. The minimum absolute atomic E-state index is 0.370. The minimum atomic E-state index is -1.32. The molecule has 0 atom stereocenters. The molecular formula is C20H39N3O8. The molecule has 0 aliphatic rings. The molecule has 0 saturated carbocycles. The van der Waals surface area contributed by atoms with Crippen LogP contribution in [0.15, 0.2) is 0 Å². The summed E-state index contributed by atoms with van der Waals surface area (Å²) >= 11 is 0. The van der Waals surface area contributed by atoms with Crippen LogP contribution in [0, 0.1) is 0 Å². The summed E-state index contributed by atoms with van der Waals surface area (Å²) in [6.07, 6.45) is -1.37. The summed E-state index contributed by atoms with van der Waals surface area (Å²) in [6, 6.07) is 0. The van der Waals surface area contributed by atoms with Crippen LogP contribution in [0.1, 0.15) is 69.2 Å². The fourth-order valence-corrected chi connectivity index (χ4v) is 1.70. The monoisotopic (exact) mass is 449 g/mol. The van der Waals surface area contributed by atoms with Crippen molar-refractivity contribution in [2.24, 2.45) is 0 Å². The summed E-state index contributed by atoms with van der Waals surface area (Å²) in [7, 11) is 2.85. The number of hydrogen-bond acceptors (Lipinski definition) is 7. The molecule has 0 radical (unpaired) electrons. The SMILES string of the molecule is CC(C)(C)OC(=O)NC(C)(C)C(=O)O.CON(C)C(=O)C(C)(C)NC(=O)OC(C)(C)C. The minimum Gasteiger partial charge on any atom is -0.480 e. The number of likely N-dealkylation sites (N-methyl/N-ethyl adjacent to an activating group) is 1. The van der Waals surface area contributed by atoms with E-state index in [4.69, 9.17) is 19.4 Å². The lowest BCUT2D eigenvalue weighted by atomic mass is 10.1. The second-order valence-electron chi connectivity index (χ2n) is 9.79. The Balaban J connectivity index is 0. The molecule has 182 valence electrons. The Labute approximate surface area is 184 Å². The summed E-state index contributed by atoms with van der Waals surface area (Å²) in [6.45, 7) is 16.3. The van der Waals surface area contributed by atoms with E-state index in [0.717, 1.165) is 5.06 Å². The molecule has 0 aromatic rings. The van der Waals surface area contributed by atoms with E-state index >= 15 is 0 Å². The van der Waals surface area contributed by atoms with Gasteiger partial charge in [-0.25, -0.2) is 19.4 Å². The van der Waals surface area contributed by atoms with Gasteiger partial charge in [-0.1, -0.05) is 0 Å². The van der Waals surface area contributed by atoms with Crippen molar-refractivity contribution in [3.63, 3.8) is 0 Å². The lowest BCUT2D eigenvalue weighted by Gasteiger charge is -2.30. The van der Waals surface area contributed by atoms with Crippen LogP contribution < -0.4 is 10.6 Å². The van der Waals surface area contributed by atoms with Gasteiger partial charge in [0.1, 0.15) is 22.3 Å². The summed E-state index contributed by atoms with van der Waals surface area (Å²) in [5, 5.41) is 14.5. The van der Waals surface area contributed by atoms with Gasteiger partial charge in [0.15, 0.2) is 0 Å². The third-order valence-corrected chi connectivity index (χ3v) is 3.26. The van der Waals surface area contributed by atoms with E-state index < -0.39 is 40.4 Å². The highest BCUT2D eigenvalue weighted by molar-refractivity contribution is 5.88. The van der Waals surface area contributed by atoms with E-state index in [-0.39, 0.29) is 5.91 Å². The second kappa shape index (κ2) is 11.2. The predicted molar refractivity (Wildman–Crippen MR) is 114 cm³/mol. The highest BCUT2D eigenvalue weighted by atomic mass is 16.7. The van der Waals surface area contributed by atoms with Crippen LogP contribution in [-0.4, -0.2) is 70.7 Å². The van der Waals surface area contributed by atoms with E-state index in [1.54, 1.807) is 55.4 Å². The molecule has 0 saturated heterocycles. The Kier molecular flexibility index (Phi) is 11.0. The van der Waals surface area contributed by atoms with E-state index in [1.807, 2.05) is 0 Å². The van der Waals surface area contributed by atoms with Crippen LogP contribution in [0.3, 0.4) is 0 Å². The Morgan fingerprint density at radius 3 is 1.29 bits per heavy atom. The highest BCUT2D eigenvalue weighted by Crippen LogP contribution is 2.11. The van der Waals surface area contributed by atoms with Gasteiger partial charge in [-0.05, 0) is 69.2 Å². The average molecular weight is 450 g/mol. The van der Waals surface area contributed by atoms with Crippen LogP contribution in [0.5, 0.6) is 0 Å². The number of alkyl carbamates (subject to hydrolysis) is 2. The molecule has 0 aromatic carbocycles. The summed E-state index contributed by atoms with van der Waals surface area (Å²) in [4.78, 5) is 50.0. The first kappa shape index (κ1) is 30.6. The van der Waals surface area contributed by atoms with Crippen LogP contribution in [0.2, 0.25) is 0 Å². The standard InChI is InChI=1S/C11H22N2O4.C9H17NO4/c1-10(2,3)17-9(15)12-11(4,5)8(14)13(6)16-7;1-8(2,3)14-7(13)10-9(4,5)6(11)12/h1-7H3,(H,12,15);1-5H3,(H,10,13)(H,11,12). The van der Waals surface area contributed by atoms with Crippen molar-refractivity contribution in [1.82, 2.24) is 15.7 Å². The maximum Gasteiger partial charge on any atom is 0.408 e. The molecule has 31 heavy (non-hydrogen) atoms. The molecule has 0 bridgehead atoms. The largest absolute Gasteiger partial charge is 0.480 e. The molecule has 0 aromatic heterocycles. The van der Waals surface area contributed by atoms with Gasteiger partial charge in [-0.15, -0.1) is 0 Å². The molecule has 0 unspecified atom stereocenters. The van der Waals surface area contributed by atoms with Gasteiger partial charge in [-0.3, -0.25) is 9.63 Å². The lowest BCUT2D eigenvalue weighted by molar-refractivity contribution is -0.174. The first-order valence-electron chi connectivity index (χ1n) is 9.62. The molecule has 0 fully saturated rings. The zero-order chi connectivity index (χ0) is 25.4. The van der Waals surface area contributed by atoms with Crippen molar-refractivity contribution in [3.05, 3.63) is 0 Å². The van der Waals surface area contributed by atoms with E-state index in [0.29, 0.717) is 0 Å². The number of ether oxygens (including phenoxy) is 2. The molecular weight excluding hydrogens is 410 g/mol. The van der Waals surface area contributed by atoms with E-state index in [1.165, 1.54) is 28.0 Å². The van der Waals surface area contributed by atoms with Crippen molar-refractivity contribution in [2.75, 3.05) is 14.2 Å². The maximum absolute atomic E-state index is 11.8. The number of carbonyl (C=O) groups excluding carboxylic acids is 3. The topological polar surface area (TPSA) is 143 Å². The number of carbonyl (C=O) groups is 4. The molecule has 0 heterocycles. The molecule has 3 amide bonds. The molecule has 3 N–H and O–H groups in total. The Hall–Kier alpha value is -2.56. The molecule has 0 aliphatic carbocycles. The van der Waals surface area contributed by atoms with Crippen LogP contribution in [-0.2, 0) is 23.9 Å². The number of rotatable bonds is 5. The Morgan fingerprint density at radius 2 is 1.03 bits per heavy atom. The van der Waals surface area contributed by atoms with Crippen molar-refractivity contribution < 1.29 is 38.6 Å². The number of aliphatic carboxylic acids is 1. The van der Waals surface area contributed by atoms with Crippen LogP contribution in [0.25, 0.3) is 0 Å². The number of carboxylic acids is 1. The Bertz CT molecular complexity index is 646. The fraction of sp³-hybridized carbons (Fsp3) is 0.800. The van der Waals surface area contributed by atoms with Crippen molar-refractivity contribution >= 4 is 24.1 Å². The van der Waals surface area contributed by atoms with E-state index in [9.17, 15) is 19.2 Å². The van der Waals surface area contributed by atoms with Gasteiger partial charge in [0.05, 0.1) is 7.11 Å². The number of nitrogens with one attached hydrogen (secondary N) is 2.